The van der Waals surface area contributed by atoms with Crippen LogP contribution in [-0.2, 0) is 9.53 Å². The van der Waals surface area contributed by atoms with E-state index in [4.69, 9.17) is 4.74 Å². The van der Waals surface area contributed by atoms with Gasteiger partial charge in [0.1, 0.15) is 5.54 Å². The van der Waals surface area contributed by atoms with E-state index in [1.54, 1.807) is 0 Å². The van der Waals surface area contributed by atoms with Crippen molar-refractivity contribution in [2.45, 2.75) is 82.6 Å². The second-order valence-electron chi connectivity index (χ2n) is 6.09. The number of aliphatic carboxylic acids is 1. The Balaban J connectivity index is 1.98. The van der Waals surface area contributed by atoms with Crippen molar-refractivity contribution in [2.75, 3.05) is 0 Å². The van der Waals surface area contributed by atoms with Gasteiger partial charge in [-0.1, -0.05) is 0 Å². The molecule has 2 atom stereocenters. The summed E-state index contributed by atoms with van der Waals surface area (Å²) < 4.78 is 6.01. The van der Waals surface area contributed by atoms with Gasteiger partial charge in [0, 0.05) is 12.5 Å². The lowest BCUT2D eigenvalue weighted by Gasteiger charge is -2.41. The van der Waals surface area contributed by atoms with E-state index in [1.807, 2.05) is 13.8 Å². The number of carboxylic acids is 1. The average Bonchev–Trinajstić information content (AvgIpc) is 2.23. The Labute approximate surface area is 109 Å². The van der Waals surface area contributed by atoms with Crippen molar-refractivity contribution in [3.05, 3.63) is 0 Å². The first kappa shape index (κ1) is 13.8. The molecule has 2 unspecified atom stereocenters. The van der Waals surface area contributed by atoms with Crippen LogP contribution < -0.4 is 5.32 Å². The smallest absolute Gasteiger partial charge is 0.324 e. The topological polar surface area (TPSA) is 58.6 Å². The van der Waals surface area contributed by atoms with Gasteiger partial charge in [0.15, 0.2) is 0 Å². The van der Waals surface area contributed by atoms with Gasteiger partial charge in [-0.3, -0.25) is 10.1 Å². The summed E-state index contributed by atoms with van der Waals surface area (Å²) in [6, 6.07) is 0.184. The minimum atomic E-state index is -0.777. The Morgan fingerprint density at radius 1 is 1.28 bits per heavy atom. The maximum atomic E-state index is 11.6. The highest BCUT2D eigenvalue weighted by Crippen LogP contribution is 2.34. The molecule has 0 spiro atoms. The fourth-order valence-electron chi connectivity index (χ4n) is 3.06. The van der Waals surface area contributed by atoms with Gasteiger partial charge in [-0.25, -0.2) is 0 Å². The van der Waals surface area contributed by atoms with E-state index in [9.17, 15) is 9.90 Å². The van der Waals surface area contributed by atoms with E-state index in [-0.39, 0.29) is 12.1 Å². The maximum Gasteiger partial charge on any atom is 0.324 e. The van der Waals surface area contributed by atoms with Gasteiger partial charge < -0.3 is 9.84 Å². The number of hydrogen-bond donors (Lipinski definition) is 2. The molecule has 2 aliphatic rings. The van der Waals surface area contributed by atoms with Crippen molar-refractivity contribution in [1.82, 2.24) is 5.32 Å². The fraction of sp³-hybridized carbons (Fsp3) is 0.929. The quantitative estimate of drug-likeness (QED) is 0.791. The van der Waals surface area contributed by atoms with Gasteiger partial charge in [-0.15, -0.1) is 0 Å². The minimum absolute atomic E-state index is 0.117. The van der Waals surface area contributed by atoms with Crippen molar-refractivity contribution in [1.29, 1.82) is 0 Å². The zero-order valence-corrected chi connectivity index (χ0v) is 11.4. The third-order valence-corrected chi connectivity index (χ3v) is 4.12. The Hall–Kier alpha value is -0.610. The predicted octanol–water partition coefficient (Wildman–Crippen LogP) is 2.32. The summed E-state index contributed by atoms with van der Waals surface area (Å²) in [6.45, 7) is 4.00. The first-order chi connectivity index (χ1) is 8.52. The Bertz CT molecular complexity index is 301. The molecule has 0 radical (unpaired) electrons. The van der Waals surface area contributed by atoms with Gasteiger partial charge in [-0.05, 0) is 52.4 Å². The highest BCUT2D eigenvalue weighted by atomic mass is 16.5. The molecule has 0 heterocycles. The first-order valence-corrected chi connectivity index (χ1v) is 7.18. The molecule has 2 rings (SSSR count). The van der Waals surface area contributed by atoms with Crippen molar-refractivity contribution >= 4 is 5.97 Å². The summed E-state index contributed by atoms with van der Waals surface area (Å²) in [5, 5.41) is 12.8. The standard InChI is InChI=1S/C14H25NO3/c1-10(2)15-14(13(16)17)8-4-7-12(9-14)18-11-5-3-6-11/h10-12,15H,3-9H2,1-2H3,(H,16,17). The van der Waals surface area contributed by atoms with Gasteiger partial charge in [0.25, 0.3) is 0 Å². The third kappa shape index (κ3) is 3.04. The molecule has 0 saturated heterocycles. The molecule has 2 fully saturated rings. The molecule has 0 aromatic carbocycles. The van der Waals surface area contributed by atoms with E-state index in [2.05, 4.69) is 5.32 Å². The molecule has 0 aromatic heterocycles. The number of carboxylic acid groups (broad SMARTS) is 1. The predicted molar refractivity (Wildman–Crippen MR) is 69.6 cm³/mol. The van der Waals surface area contributed by atoms with Crippen LogP contribution >= 0.6 is 0 Å². The van der Waals surface area contributed by atoms with Crippen LogP contribution in [0.1, 0.15) is 58.8 Å². The lowest BCUT2D eigenvalue weighted by atomic mass is 9.79. The normalized spacial score (nSPS) is 33.4. The Morgan fingerprint density at radius 2 is 1.94 bits per heavy atom. The zero-order valence-electron chi connectivity index (χ0n) is 11.4. The first-order valence-electron chi connectivity index (χ1n) is 7.18. The lowest BCUT2D eigenvalue weighted by Crippen LogP contribution is -2.58. The van der Waals surface area contributed by atoms with E-state index < -0.39 is 11.5 Å². The monoisotopic (exact) mass is 255 g/mol. The number of nitrogens with one attached hydrogen (secondary N) is 1. The molecule has 104 valence electrons. The van der Waals surface area contributed by atoms with Gasteiger partial charge in [0.2, 0.25) is 0 Å². The molecule has 2 aliphatic carbocycles. The molecule has 0 aromatic rings. The minimum Gasteiger partial charge on any atom is -0.480 e. The number of rotatable bonds is 5. The van der Waals surface area contributed by atoms with Crippen molar-refractivity contribution < 1.29 is 14.6 Å². The van der Waals surface area contributed by atoms with Gasteiger partial charge in [-0.2, -0.15) is 0 Å². The highest BCUT2D eigenvalue weighted by molar-refractivity contribution is 5.79. The van der Waals surface area contributed by atoms with Crippen LogP contribution in [0.2, 0.25) is 0 Å². The summed E-state index contributed by atoms with van der Waals surface area (Å²) in [5.41, 5.74) is -0.777. The van der Waals surface area contributed by atoms with E-state index in [0.717, 1.165) is 25.7 Å². The average molecular weight is 255 g/mol. The number of carbonyl (C=O) groups is 1. The lowest BCUT2D eigenvalue weighted by molar-refractivity contribution is -0.152. The van der Waals surface area contributed by atoms with E-state index in [1.165, 1.54) is 6.42 Å². The molecular weight excluding hydrogens is 230 g/mol. The molecule has 0 aliphatic heterocycles. The van der Waals surface area contributed by atoms with Crippen LogP contribution in [-0.4, -0.2) is 34.9 Å². The Morgan fingerprint density at radius 3 is 2.44 bits per heavy atom. The maximum absolute atomic E-state index is 11.6. The molecule has 4 nitrogen and oxygen atoms in total. The summed E-state index contributed by atoms with van der Waals surface area (Å²) in [6.07, 6.45) is 7.32. The summed E-state index contributed by atoms with van der Waals surface area (Å²) in [7, 11) is 0. The molecule has 2 saturated carbocycles. The van der Waals surface area contributed by atoms with Gasteiger partial charge in [0.05, 0.1) is 12.2 Å². The molecular formula is C14H25NO3. The van der Waals surface area contributed by atoms with E-state index >= 15 is 0 Å². The van der Waals surface area contributed by atoms with Crippen LogP contribution in [0, 0.1) is 0 Å². The van der Waals surface area contributed by atoms with Crippen molar-refractivity contribution in [3.8, 4) is 0 Å². The summed E-state index contributed by atoms with van der Waals surface area (Å²) in [5.74, 6) is -0.724. The molecule has 2 N–H and O–H groups in total. The van der Waals surface area contributed by atoms with Crippen LogP contribution in [0.15, 0.2) is 0 Å². The molecule has 4 heteroatoms. The Kier molecular flexibility index (Phi) is 4.28. The van der Waals surface area contributed by atoms with Crippen molar-refractivity contribution in [2.24, 2.45) is 0 Å². The zero-order chi connectivity index (χ0) is 13.2. The van der Waals surface area contributed by atoms with Gasteiger partial charge >= 0.3 is 5.97 Å². The molecule has 0 amide bonds. The second kappa shape index (κ2) is 5.57. The van der Waals surface area contributed by atoms with Crippen LogP contribution in [0.5, 0.6) is 0 Å². The number of hydrogen-bond acceptors (Lipinski definition) is 3. The van der Waals surface area contributed by atoms with E-state index in [0.29, 0.717) is 18.9 Å². The fourth-order valence-corrected chi connectivity index (χ4v) is 3.06. The third-order valence-electron chi connectivity index (χ3n) is 4.12. The van der Waals surface area contributed by atoms with Crippen LogP contribution in [0.25, 0.3) is 0 Å². The highest BCUT2D eigenvalue weighted by Gasteiger charge is 2.44. The second-order valence-corrected chi connectivity index (χ2v) is 6.09. The van der Waals surface area contributed by atoms with Crippen LogP contribution in [0.4, 0.5) is 0 Å². The van der Waals surface area contributed by atoms with Crippen molar-refractivity contribution in [3.63, 3.8) is 0 Å². The summed E-state index contributed by atoms with van der Waals surface area (Å²) >= 11 is 0. The largest absolute Gasteiger partial charge is 0.480 e. The van der Waals surface area contributed by atoms with Crippen LogP contribution in [0.3, 0.4) is 0 Å². The summed E-state index contributed by atoms with van der Waals surface area (Å²) in [4.78, 5) is 11.6. The molecule has 0 bridgehead atoms. The molecule has 18 heavy (non-hydrogen) atoms. The number of ether oxygens (including phenoxy) is 1. The SMILES string of the molecule is CC(C)NC1(C(=O)O)CCCC(OC2CCC2)C1.